The molecule has 0 atom stereocenters. The van der Waals surface area contributed by atoms with E-state index in [1.165, 1.54) is 42.5 Å². The molecule has 2 N–H and O–H groups in total. The number of carboxylic acid groups (broad SMARTS) is 1. The third-order valence-electron chi connectivity index (χ3n) is 4.08. The van der Waals surface area contributed by atoms with Crippen LogP contribution in [0.5, 0.6) is 5.75 Å². The molecule has 10 heteroatoms. The van der Waals surface area contributed by atoms with Gasteiger partial charge in [0.1, 0.15) is 11.6 Å². The van der Waals surface area contributed by atoms with Crippen LogP contribution >= 0.6 is 11.6 Å². The maximum Gasteiger partial charge on any atom is 0.573 e. The maximum atomic E-state index is 14.7. The molecule has 3 rings (SSSR count). The van der Waals surface area contributed by atoms with Crippen LogP contribution in [0.2, 0.25) is 5.02 Å². The van der Waals surface area contributed by atoms with Crippen molar-refractivity contribution in [1.82, 2.24) is 0 Å². The fourth-order valence-corrected chi connectivity index (χ4v) is 3.04. The van der Waals surface area contributed by atoms with Crippen molar-refractivity contribution in [1.29, 1.82) is 0 Å². The van der Waals surface area contributed by atoms with Crippen LogP contribution in [-0.2, 0) is 0 Å². The monoisotopic (exact) mass is 453 g/mol. The zero-order chi connectivity index (χ0) is 22.8. The number of halogens is 5. The molecule has 3 aromatic carbocycles. The lowest BCUT2D eigenvalue weighted by Crippen LogP contribution is -2.17. The molecule has 0 radical (unpaired) electrons. The number of benzene rings is 3. The minimum atomic E-state index is -4.89. The van der Waals surface area contributed by atoms with Gasteiger partial charge in [0.2, 0.25) is 0 Å². The molecule has 0 bridgehead atoms. The summed E-state index contributed by atoms with van der Waals surface area (Å²) in [5, 5.41) is 11.2. The lowest BCUT2D eigenvalue weighted by molar-refractivity contribution is -0.274. The van der Waals surface area contributed by atoms with Crippen LogP contribution in [0.25, 0.3) is 11.1 Å². The van der Waals surface area contributed by atoms with E-state index in [9.17, 15) is 32.3 Å². The predicted molar refractivity (Wildman–Crippen MR) is 105 cm³/mol. The first-order valence-corrected chi connectivity index (χ1v) is 8.92. The van der Waals surface area contributed by atoms with Crippen LogP contribution in [0.4, 0.5) is 23.2 Å². The number of carbonyl (C=O) groups excluding carboxylic acids is 1. The van der Waals surface area contributed by atoms with E-state index in [0.29, 0.717) is 0 Å². The number of hydrogen-bond acceptors (Lipinski definition) is 3. The van der Waals surface area contributed by atoms with Crippen molar-refractivity contribution >= 4 is 29.2 Å². The SMILES string of the molecule is O=C(O)c1ccccc1C(=O)Nc1c(F)cc(-c2cccc(OC(F)(F)F)c2)cc1Cl. The van der Waals surface area contributed by atoms with Crippen molar-refractivity contribution in [2.45, 2.75) is 6.36 Å². The summed E-state index contributed by atoms with van der Waals surface area (Å²) < 4.78 is 55.8. The zero-order valence-corrected chi connectivity index (χ0v) is 16.1. The summed E-state index contributed by atoms with van der Waals surface area (Å²) in [7, 11) is 0. The number of anilines is 1. The molecular weight excluding hydrogens is 442 g/mol. The molecule has 31 heavy (non-hydrogen) atoms. The lowest BCUT2D eigenvalue weighted by Gasteiger charge is -2.13. The van der Waals surface area contributed by atoms with Crippen molar-refractivity contribution in [3.05, 3.63) is 82.6 Å². The van der Waals surface area contributed by atoms with Gasteiger partial charge in [-0.3, -0.25) is 4.79 Å². The third kappa shape index (κ3) is 5.32. The van der Waals surface area contributed by atoms with E-state index >= 15 is 0 Å². The van der Waals surface area contributed by atoms with Crippen LogP contribution in [0.15, 0.2) is 60.7 Å². The van der Waals surface area contributed by atoms with Gasteiger partial charge in [-0.15, -0.1) is 13.2 Å². The van der Waals surface area contributed by atoms with E-state index in [-0.39, 0.29) is 27.3 Å². The largest absolute Gasteiger partial charge is 0.573 e. The topological polar surface area (TPSA) is 75.6 Å². The summed E-state index contributed by atoms with van der Waals surface area (Å²) in [5.41, 5.74) is -0.560. The Morgan fingerprint density at radius 2 is 1.61 bits per heavy atom. The summed E-state index contributed by atoms with van der Waals surface area (Å²) in [6, 6.07) is 12.4. The molecule has 5 nitrogen and oxygen atoms in total. The first-order valence-electron chi connectivity index (χ1n) is 8.54. The number of alkyl halides is 3. The number of rotatable bonds is 5. The lowest BCUT2D eigenvalue weighted by atomic mass is 10.0. The summed E-state index contributed by atoms with van der Waals surface area (Å²) >= 11 is 6.08. The van der Waals surface area contributed by atoms with Crippen molar-refractivity contribution in [3.63, 3.8) is 0 Å². The van der Waals surface area contributed by atoms with Crippen LogP contribution in [-0.4, -0.2) is 23.3 Å². The Morgan fingerprint density at radius 1 is 0.935 bits per heavy atom. The number of amides is 1. The van der Waals surface area contributed by atoms with Gasteiger partial charge in [-0.1, -0.05) is 35.9 Å². The minimum absolute atomic E-state index is 0.138. The number of hydrogen-bond donors (Lipinski definition) is 2. The molecular formula is C21H12ClF4NO4. The van der Waals surface area contributed by atoms with Crippen LogP contribution in [0.1, 0.15) is 20.7 Å². The molecule has 0 saturated carbocycles. The van der Waals surface area contributed by atoms with Gasteiger partial charge in [-0.25, -0.2) is 9.18 Å². The number of carbonyl (C=O) groups is 2. The minimum Gasteiger partial charge on any atom is -0.478 e. The molecule has 0 aliphatic carbocycles. The van der Waals surface area contributed by atoms with E-state index in [1.807, 2.05) is 0 Å². The molecule has 160 valence electrons. The van der Waals surface area contributed by atoms with E-state index in [0.717, 1.165) is 18.2 Å². The first-order chi connectivity index (χ1) is 14.5. The van der Waals surface area contributed by atoms with Gasteiger partial charge in [-0.2, -0.15) is 0 Å². The zero-order valence-electron chi connectivity index (χ0n) is 15.3. The quantitative estimate of drug-likeness (QED) is 0.465. The number of ether oxygens (including phenoxy) is 1. The number of nitrogens with one attached hydrogen (secondary N) is 1. The molecule has 3 aromatic rings. The van der Waals surface area contributed by atoms with Gasteiger partial charge in [0.15, 0.2) is 0 Å². The van der Waals surface area contributed by atoms with E-state index in [4.69, 9.17) is 11.6 Å². The van der Waals surface area contributed by atoms with E-state index < -0.39 is 35.5 Å². The molecule has 0 aromatic heterocycles. The van der Waals surface area contributed by atoms with Crippen molar-refractivity contribution in [2.75, 3.05) is 5.32 Å². The Balaban J connectivity index is 1.91. The third-order valence-corrected chi connectivity index (χ3v) is 4.38. The maximum absolute atomic E-state index is 14.7. The first kappa shape index (κ1) is 22.1. The Labute approximate surface area is 177 Å². The summed E-state index contributed by atoms with van der Waals surface area (Å²) in [4.78, 5) is 23.7. The highest BCUT2D eigenvalue weighted by molar-refractivity contribution is 6.34. The predicted octanol–water partition coefficient (Wildman–Crippen LogP) is 6.00. The van der Waals surface area contributed by atoms with Crippen LogP contribution in [0, 0.1) is 5.82 Å². The van der Waals surface area contributed by atoms with Gasteiger partial charge in [-0.05, 0) is 47.5 Å². The second-order valence-electron chi connectivity index (χ2n) is 6.20. The van der Waals surface area contributed by atoms with Gasteiger partial charge >= 0.3 is 12.3 Å². The molecule has 0 fully saturated rings. The Hall–Kier alpha value is -3.59. The highest BCUT2D eigenvalue weighted by Crippen LogP contribution is 2.34. The molecule has 0 heterocycles. The average molecular weight is 454 g/mol. The fourth-order valence-electron chi connectivity index (χ4n) is 2.78. The highest BCUT2D eigenvalue weighted by atomic mass is 35.5. The smallest absolute Gasteiger partial charge is 0.478 e. The molecule has 0 unspecified atom stereocenters. The van der Waals surface area contributed by atoms with Gasteiger partial charge in [0.05, 0.1) is 21.8 Å². The Morgan fingerprint density at radius 3 is 2.23 bits per heavy atom. The highest BCUT2D eigenvalue weighted by Gasteiger charge is 2.31. The van der Waals surface area contributed by atoms with Crippen molar-refractivity contribution < 1.29 is 37.0 Å². The summed E-state index contributed by atoms with van der Waals surface area (Å²) in [6.07, 6.45) is -4.89. The van der Waals surface area contributed by atoms with E-state index in [1.54, 1.807) is 0 Å². The molecule has 0 aliphatic heterocycles. The van der Waals surface area contributed by atoms with Gasteiger partial charge in [0, 0.05) is 0 Å². The van der Waals surface area contributed by atoms with Crippen molar-refractivity contribution in [3.8, 4) is 16.9 Å². The fraction of sp³-hybridized carbons (Fsp3) is 0.0476. The Bertz CT molecular complexity index is 1140. The standard InChI is InChI=1S/C21H12ClF4NO4/c22-16-9-12(11-4-3-5-13(8-11)31-21(24,25)26)10-17(23)18(16)27-19(28)14-6-1-2-7-15(14)20(29)30/h1-10H,(H,27,28)(H,29,30). The second kappa shape index (κ2) is 8.65. The van der Waals surface area contributed by atoms with Gasteiger partial charge in [0.25, 0.3) is 5.91 Å². The van der Waals surface area contributed by atoms with Crippen molar-refractivity contribution in [2.24, 2.45) is 0 Å². The Kier molecular flexibility index (Phi) is 6.16. The molecule has 0 aliphatic rings. The number of aromatic carboxylic acids is 1. The summed E-state index contributed by atoms with van der Waals surface area (Å²) in [6.45, 7) is 0. The van der Waals surface area contributed by atoms with Crippen LogP contribution < -0.4 is 10.1 Å². The van der Waals surface area contributed by atoms with Gasteiger partial charge < -0.3 is 15.2 Å². The molecule has 1 amide bonds. The van der Waals surface area contributed by atoms with Crippen LogP contribution in [0.3, 0.4) is 0 Å². The number of carboxylic acids is 1. The molecule has 0 spiro atoms. The van der Waals surface area contributed by atoms with E-state index in [2.05, 4.69) is 10.1 Å². The second-order valence-corrected chi connectivity index (χ2v) is 6.60. The molecule has 0 saturated heterocycles. The average Bonchev–Trinajstić information content (AvgIpc) is 2.69. The summed E-state index contributed by atoms with van der Waals surface area (Å²) in [5.74, 6) is -3.70. The normalized spacial score (nSPS) is 11.1.